The molecule has 1 aliphatic carbocycles. The Labute approximate surface area is 442 Å². The number of benzene rings is 4. The summed E-state index contributed by atoms with van der Waals surface area (Å²) in [4.78, 5) is 69.8. The van der Waals surface area contributed by atoms with Gasteiger partial charge in [-0.15, -0.1) is 5.10 Å². The second-order valence-corrected chi connectivity index (χ2v) is 19.5. The van der Waals surface area contributed by atoms with Gasteiger partial charge in [0, 0.05) is 59.2 Å². The van der Waals surface area contributed by atoms with E-state index in [1.165, 1.54) is 18.0 Å². The lowest BCUT2D eigenvalue weighted by molar-refractivity contribution is -0.223. The number of halogens is 7. The first-order valence-electron chi connectivity index (χ1n) is 23.8. The predicted molar refractivity (Wildman–Crippen MR) is 258 cm³/mol. The smallest absolute Gasteiger partial charge is 0.418 e. The number of ether oxygens (including phenoxy) is 3. The van der Waals surface area contributed by atoms with E-state index in [9.17, 15) is 56.1 Å². The Kier molecular flexibility index (Phi) is 14.6. The van der Waals surface area contributed by atoms with Crippen LogP contribution in [-0.4, -0.2) is 124 Å². The van der Waals surface area contributed by atoms with Crippen molar-refractivity contribution in [2.24, 2.45) is 0 Å². The summed E-state index contributed by atoms with van der Waals surface area (Å²) in [5.74, 6) is -4.50. The minimum atomic E-state index is -4.91. The first-order valence-corrected chi connectivity index (χ1v) is 24.6. The SMILES string of the molecule is Cc1nc([C@@H]2O[C@H](CO)[C@H](O)[C@H](n3cc(-c4cc(F)c(Cl)c(F)c4)nn3)[C@H]2OCC(=O)NC2CC(Oc3ccc(C(=O)Nc4ccc5c(c4)CN(C4CCC(=O)NC4=O)C5=O)cc3)C2)n(-c2cc(Cl)ccc2C(F)(F)F)n1. The van der Waals surface area contributed by atoms with Crippen LogP contribution in [0.3, 0.4) is 0 Å². The first kappa shape index (κ1) is 53.0. The van der Waals surface area contributed by atoms with E-state index in [1.807, 2.05) is 0 Å². The fourth-order valence-electron chi connectivity index (χ4n) is 9.72. The summed E-state index contributed by atoms with van der Waals surface area (Å²) in [6.45, 7) is -0.0572. The Morgan fingerprint density at radius 3 is 2.43 bits per heavy atom. The molecule has 6 atom stereocenters. The van der Waals surface area contributed by atoms with Crippen LogP contribution in [0, 0.1) is 18.6 Å². The molecule has 1 saturated carbocycles. The number of nitrogens with zero attached hydrogens (tertiary/aromatic N) is 7. The molecule has 2 aromatic heterocycles. The Morgan fingerprint density at radius 2 is 1.73 bits per heavy atom. The quantitative estimate of drug-likeness (QED) is 0.0506. The van der Waals surface area contributed by atoms with Crippen LogP contribution < -0.4 is 20.7 Å². The van der Waals surface area contributed by atoms with E-state index < -0.39 is 113 Å². The average Bonchev–Trinajstić information content (AvgIpc) is 4.18. The lowest BCUT2D eigenvalue weighted by Gasteiger charge is -2.43. The summed E-state index contributed by atoms with van der Waals surface area (Å²) in [6.07, 6.45) is -9.45. The summed E-state index contributed by atoms with van der Waals surface area (Å²) in [5, 5.41) is 41.6. The van der Waals surface area contributed by atoms with Gasteiger partial charge in [0.05, 0.1) is 24.1 Å². The van der Waals surface area contributed by atoms with E-state index in [0.717, 1.165) is 39.7 Å². The lowest BCUT2D eigenvalue weighted by Crippen LogP contribution is -2.55. The number of imide groups is 1. The van der Waals surface area contributed by atoms with Gasteiger partial charge in [-0.2, -0.15) is 18.3 Å². The van der Waals surface area contributed by atoms with Crippen LogP contribution in [0.2, 0.25) is 10.0 Å². The highest BCUT2D eigenvalue weighted by atomic mass is 35.5. The lowest BCUT2D eigenvalue weighted by atomic mass is 9.89. The van der Waals surface area contributed by atoms with Gasteiger partial charge in [0.1, 0.15) is 83.1 Å². The van der Waals surface area contributed by atoms with Gasteiger partial charge in [0.2, 0.25) is 17.7 Å². The topological polar surface area (TPSA) is 254 Å². The fraction of sp³-hybridized carbons (Fsp3) is 0.340. The molecule has 402 valence electrons. The van der Waals surface area contributed by atoms with Crippen LogP contribution >= 0.6 is 23.2 Å². The number of piperidine rings is 1. The summed E-state index contributed by atoms with van der Waals surface area (Å²) in [6, 6.07) is 13.1. The maximum Gasteiger partial charge on any atom is 0.418 e. The Balaban J connectivity index is 0.806. The summed E-state index contributed by atoms with van der Waals surface area (Å²) in [7, 11) is 0. The van der Waals surface area contributed by atoms with Crippen molar-refractivity contribution in [3.05, 3.63) is 135 Å². The van der Waals surface area contributed by atoms with Crippen molar-refractivity contribution in [2.45, 2.75) is 94.0 Å². The van der Waals surface area contributed by atoms with Gasteiger partial charge in [0.15, 0.2) is 5.82 Å². The molecule has 77 heavy (non-hydrogen) atoms. The molecular weight excluding hydrogens is 1070 g/mol. The molecule has 5 heterocycles. The summed E-state index contributed by atoms with van der Waals surface area (Å²) < 4.78 is 92.9. The second kappa shape index (κ2) is 21.2. The predicted octanol–water partition coefficient (Wildman–Crippen LogP) is 5.60. The van der Waals surface area contributed by atoms with Crippen LogP contribution in [0.1, 0.15) is 81.3 Å². The highest BCUT2D eigenvalue weighted by Gasteiger charge is 2.51. The van der Waals surface area contributed by atoms with Crippen molar-refractivity contribution in [1.29, 1.82) is 0 Å². The van der Waals surface area contributed by atoms with Crippen LogP contribution in [0.15, 0.2) is 79.0 Å². The number of hydrogen-bond donors (Lipinski definition) is 5. The van der Waals surface area contributed by atoms with Gasteiger partial charge in [0.25, 0.3) is 11.8 Å². The maximum atomic E-state index is 14.6. The number of amides is 5. The fourth-order valence-corrected chi connectivity index (χ4v) is 9.99. The molecule has 6 aromatic rings. The molecule has 27 heteroatoms. The van der Waals surface area contributed by atoms with Crippen molar-refractivity contribution < 1.29 is 70.3 Å². The number of rotatable bonds is 14. The third kappa shape index (κ3) is 10.8. The molecule has 2 saturated heterocycles. The number of alkyl halides is 3. The van der Waals surface area contributed by atoms with E-state index in [2.05, 4.69) is 36.3 Å². The first-order chi connectivity index (χ1) is 36.7. The van der Waals surface area contributed by atoms with Crippen LogP contribution in [0.5, 0.6) is 5.75 Å². The highest BCUT2D eigenvalue weighted by molar-refractivity contribution is 6.31. The molecule has 0 bridgehead atoms. The van der Waals surface area contributed by atoms with Crippen LogP contribution in [0.25, 0.3) is 16.9 Å². The van der Waals surface area contributed by atoms with E-state index in [1.54, 1.807) is 42.5 Å². The summed E-state index contributed by atoms with van der Waals surface area (Å²) in [5.41, 5.74) is -0.202. The van der Waals surface area contributed by atoms with E-state index >= 15 is 0 Å². The zero-order chi connectivity index (χ0) is 54.6. The molecule has 0 radical (unpaired) electrons. The molecule has 3 aliphatic heterocycles. The third-order valence-corrected chi connectivity index (χ3v) is 14.1. The maximum absolute atomic E-state index is 14.6. The van der Waals surface area contributed by atoms with Gasteiger partial charge in [-0.05, 0) is 91.7 Å². The van der Waals surface area contributed by atoms with Gasteiger partial charge in [-0.25, -0.2) is 23.1 Å². The summed E-state index contributed by atoms with van der Waals surface area (Å²) >= 11 is 11.9. The monoisotopic (exact) mass is 1110 g/mol. The van der Waals surface area contributed by atoms with Gasteiger partial charge in [-0.3, -0.25) is 29.3 Å². The molecule has 5 N–H and O–H groups in total. The number of fused-ring (bicyclic) bond motifs is 1. The van der Waals surface area contributed by atoms with E-state index in [4.69, 9.17) is 37.4 Å². The standard InChI is InChI=1S/C50H43Cl2F5N10O10/c1-22-58-46(67(63-22)37-15-26(51)4-9-32(37)50(55,56)57)45-44(42(43(71)38(20-68)77-45)66-19-35(62-64-66)24-13-33(53)41(52)34(54)14-24)75-21-40(70)59-28-16-30(17-28)76-29-6-2-23(3-7-29)47(72)60-27-5-8-31-25(12-27)18-65(49(31)74)36-10-11-39(69)61-48(36)73/h2-9,12-15,19,28,30,36,38,42-45,68,71H,10-11,16-18,20-21H2,1H3,(H,59,70)(H,60,72)(H,61,69,73)/t28?,30?,36?,38-,42+,43+,44-,45-/m1/s1. The van der Waals surface area contributed by atoms with Crippen molar-refractivity contribution in [2.75, 3.05) is 18.5 Å². The Hall–Kier alpha value is -7.42. The molecular formula is C50H43Cl2F5N10O10. The van der Waals surface area contributed by atoms with Gasteiger partial charge in [-0.1, -0.05) is 28.4 Å². The van der Waals surface area contributed by atoms with E-state index in [-0.39, 0.29) is 59.3 Å². The number of anilines is 1. The Bertz CT molecular complexity index is 3300. The molecule has 5 amide bonds. The molecule has 10 rings (SSSR count). The zero-order valence-electron chi connectivity index (χ0n) is 40.0. The van der Waals surface area contributed by atoms with Gasteiger partial charge >= 0.3 is 6.18 Å². The number of aryl methyl sites for hydroxylation is 1. The van der Waals surface area contributed by atoms with Gasteiger partial charge < -0.3 is 40.0 Å². The molecule has 4 aromatic carbocycles. The van der Waals surface area contributed by atoms with E-state index in [0.29, 0.717) is 41.0 Å². The molecule has 20 nitrogen and oxygen atoms in total. The number of aliphatic hydroxyl groups excluding tert-OH is 2. The van der Waals surface area contributed by atoms with Crippen molar-refractivity contribution in [1.82, 2.24) is 45.3 Å². The minimum Gasteiger partial charge on any atom is -0.490 e. The second-order valence-electron chi connectivity index (χ2n) is 18.7. The Morgan fingerprint density at radius 1 is 0.987 bits per heavy atom. The molecule has 0 spiro atoms. The van der Waals surface area contributed by atoms with Crippen molar-refractivity contribution >= 4 is 58.4 Å². The molecule has 3 fully saturated rings. The van der Waals surface area contributed by atoms with Crippen LogP contribution in [0.4, 0.5) is 27.6 Å². The van der Waals surface area contributed by atoms with Crippen molar-refractivity contribution in [3.63, 3.8) is 0 Å². The number of aliphatic hydroxyl groups is 2. The molecule has 1 unspecified atom stereocenters. The van der Waals surface area contributed by atoms with Crippen molar-refractivity contribution in [3.8, 4) is 22.7 Å². The number of carbonyl (C=O) groups excluding carboxylic acids is 5. The highest BCUT2D eigenvalue weighted by Crippen LogP contribution is 2.43. The average molecular weight is 1110 g/mol. The number of nitrogens with one attached hydrogen (secondary N) is 3. The molecule has 4 aliphatic rings. The number of aromatic nitrogens is 6. The third-order valence-electron chi connectivity index (χ3n) is 13.5. The van der Waals surface area contributed by atoms with Crippen LogP contribution in [-0.2, 0) is 36.6 Å². The number of hydrogen-bond acceptors (Lipinski definition) is 14. The minimum absolute atomic E-state index is 0.0375. The number of carbonyl (C=O) groups is 5. The normalized spacial score (nSPS) is 23.3. The largest absolute Gasteiger partial charge is 0.490 e. The zero-order valence-corrected chi connectivity index (χ0v) is 41.5.